The summed E-state index contributed by atoms with van der Waals surface area (Å²) >= 11 is 0. The van der Waals surface area contributed by atoms with E-state index in [0.717, 1.165) is 32.1 Å². The molecule has 3 rings (SSSR count). The summed E-state index contributed by atoms with van der Waals surface area (Å²) in [4.78, 5) is 12.8. The Kier molecular flexibility index (Phi) is 6.20. The Bertz CT molecular complexity index is 769. The maximum atomic E-state index is 13.0. The van der Waals surface area contributed by atoms with Gasteiger partial charge < -0.3 is 15.8 Å². The Morgan fingerprint density at radius 3 is 2.56 bits per heavy atom. The zero-order valence-electron chi connectivity index (χ0n) is 15.8. The summed E-state index contributed by atoms with van der Waals surface area (Å²) in [5.74, 6) is -0.305. The molecule has 27 heavy (non-hydrogen) atoms. The molecule has 8 heteroatoms. The number of rotatable bonds is 5. The maximum absolute atomic E-state index is 13.0. The Balaban J connectivity index is 1.75. The average Bonchev–Trinajstić information content (AvgIpc) is 2.69. The lowest BCUT2D eigenvalue weighted by Crippen LogP contribution is -2.54. The van der Waals surface area contributed by atoms with Gasteiger partial charge in [0.15, 0.2) is 0 Å². The first-order valence-corrected chi connectivity index (χ1v) is 11.0. The zero-order chi connectivity index (χ0) is 19.5. The Morgan fingerprint density at radius 2 is 1.89 bits per heavy atom. The van der Waals surface area contributed by atoms with Crippen LogP contribution in [0.25, 0.3) is 0 Å². The van der Waals surface area contributed by atoms with Gasteiger partial charge in [0.1, 0.15) is 5.54 Å². The fraction of sp³-hybridized carbons (Fsp3) is 0.632. The van der Waals surface area contributed by atoms with Gasteiger partial charge in [-0.05, 0) is 43.9 Å². The summed E-state index contributed by atoms with van der Waals surface area (Å²) in [6.07, 6.45) is 5.96. The van der Waals surface area contributed by atoms with Gasteiger partial charge in [0, 0.05) is 32.0 Å². The van der Waals surface area contributed by atoms with Gasteiger partial charge in [-0.2, -0.15) is 4.31 Å². The van der Waals surface area contributed by atoms with Gasteiger partial charge in [0.25, 0.3) is 0 Å². The molecule has 1 aromatic carbocycles. The Labute approximate surface area is 161 Å². The molecule has 1 aliphatic carbocycles. The van der Waals surface area contributed by atoms with Crippen molar-refractivity contribution < 1.29 is 17.9 Å². The highest BCUT2D eigenvalue weighted by Gasteiger charge is 2.36. The summed E-state index contributed by atoms with van der Waals surface area (Å²) in [7, 11) is -1.96. The molecular weight excluding hydrogens is 366 g/mol. The van der Waals surface area contributed by atoms with Gasteiger partial charge in [0.2, 0.25) is 15.9 Å². The summed E-state index contributed by atoms with van der Waals surface area (Å²) in [6, 6.07) is 6.44. The van der Waals surface area contributed by atoms with E-state index in [1.165, 1.54) is 10.4 Å². The van der Waals surface area contributed by atoms with E-state index < -0.39 is 15.6 Å². The van der Waals surface area contributed by atoms with Crippen LogP contribution in [0.15, 0.2) is 29.2 Å². The van der Waals surface area contributed by atoms with Crippen LogP contribution in [0.1, 0.15) is 44.9 Å². The van der Waals surface area contributed by atoms with E-state index in [2.05, 4.69) is 5.32 Å². The lowest BCUT2D eigenvalue weighted by Gasteiger charge is -2.32. The van der Waals surface area contributed by atoms with Gasteiger partial charge in [-0.25, -0.2) is 8.42 Å². The molecule has 0 unspecified atom stereocenters. The van der Waals surface area contributed by atoms with Gasteiger partial charge in [-0.3, -0.25) is 4.79 Å². The maximum Gasteiger partial charge on any atom is 0.244 e. The molecule has 1 heterocycles. The molecule has 1 amide bonds. The van der Waals surface area contributed by atoms with Crippen LogP contribution in [0.5, 0.6) is 0 Å². The van der Waals surface area contributed by atoms with Crippen LogP contribution < -0.4 is 11.1 Å². The minimum atomic E-state index is -3.61. The number of nitrogens with one attached hydrogen (secondary N) is 1. The van der Waals surface area contributed by atoms with E-state index >= 15 is 0 Å². The van der Waals surface area contributed by atoms with Crippen LogP contribution in [-0.4, -0.2) is 50.5 Å². The van der Waals surface area contributed by atoms with Crippen molar-refractivity contribution >= 4 is 21.6 Å². The minimum Gasteiger partial charge on any atom is -0.381 e. The lowest BCUT2D eigenvalue weighted by molar-refractivity contribution is -0.124. The predicted molar refractivity (Wildman–Crippen MR) is 104 cm³/mol. The highest BCUT2D eigenvalue weighted by atomic mass is 32.2. The standard InChI is InChI=1S/C19H29N3O4S/c1-22(16-7-3-2-4-8-16)27(24,25)17-9-5-6-15(14-17)21-18(23)19(20)10-12-26-13-11-19/h5-6,9,14,16H,2-4,7-8,10-13,20H2,1H3,(H,21,23). The number of sulfonamides is 1. The van der Waals surface area contributed by atoms with Gasteiger partial charge in [-0.15, -0.1) is 0 Å². The summed E-state index contributed by atoms with van der Waals surface area (Å²) < 4.78 is 32.8. The molecule has 0 atom stereocenters. The molecule has 1 aromatic rings. The number of anilines is 1. The fourth-order valence-electron chi connectivity index (χ4n) is 3.76. The van der Waals surface area contributed by atoms with Crippen LogP contribution in [-0.2, 0) is 19.6 Å². The number of carbonyl (C=O) groups excluding carboxylic acids is 1. The first-order valence-electron chi connectivity index (χ1n) is 9.59. The molecule has 1 saturated heterocycles. The van der Waals surface area contributed by atoms with Crippen LogP contribution >= 0.6 is 0 Å². The summed E-state index contributed by atoms with van der Waals surface area (Å²) in [5, 5.41) is 2.78. The quantitative estimate of drug-likeness (QED) is 0.795. The van der Waals surface area contributed by atoms with E-state index in [9.17, 15) is 13.2 Å². The Morgan fingerprint density at radius 1 is 1.22 bits per heavy atom. The van der Waals surface area contributed by atoms with Gasteiger partial charge in [-0.1, -0.05) is 25.3 Å². The molecule has 0 aromatic heterocycles. The van der Waals surface area contributed by atoms with Crippen molar-refractivity contribution in [2.75, 3.05) is 25.6 Å². The van der Waals surface area contributed by atoms with Crippen LogP contribution in [0.2, 0.25) is 0 Å². The monoisotopic (exact) mass is 395 g/mol. The van der Waals surface area contributed by atoms with Crippen molar-refractivity contribution in [2.45, 2.75) is 61.4 Å². The summed E-state index contributed by atoms with van der Waals surface area (Å²) in [5.41, 5.74) is 5.66. The van der Waals surface area contributed by atoms with Crippen molar-refractivity contribution in [2.24, 2.45) is 5.73 Å². The first-order chi connectivity index (χ1) is 12.8. The van der Waals surface area contributed by atoms with E-state index in [4.69, 9.17) is 10.5 Å². The molecule has 2 aliphatic rings. The molecule has 150 valence electrons. The second kappa shape index (κ2) is 8.26. The van der Waals surface area contributed by atoms with Crippen LogP contribution in [0.4, 0.5) is 5.69 Å². The first kappa shape index (κ1) is 20.3. The molecule has 3 N–H and O–H groups in total. The summed E-state index contributed by atoms with van der Waals surface area (Å²) in [6.45, 7) is 0.898. The largest absolute Gasteiger partial charge is 0.381 e. The van der Waals surface area contributed by atoms with E-state index in [0.29, 0.717) is 31.7 Å². The second-order valence-corrected chi connectivity index (χ2v) is 9.56. The van der Waals surface area contributed by atoms with Crippen LogP contribution in [0.3, 0.4) is 0 Å². The normalized spacial score (nSPS) is 21.1. The topological polar surface area (TPSA) is 102 Å². The molecule has 0 radical (unpaired) electrons. The van der Waals surface area contributed by atoms with Crippen molar-refractivity contribution in [1.82, 2.24) is 4.31 Å². The predicted octanol–water partition coefficient (Wildman–Crippen LogP) is 2.09. The third kappa shape index (κ3) is 4.51. The number of nitrogens with zero attached hydrogens (tertiary/aromatic N) is 1. The SMILES string of the molecule is CN(C1CCCCC1)S(=O)(=O)c1cccc(NC(=O)C2(N)CCOCC2)c1. The van der Waals surface area contributed by atoms with Crippen molar-refractivity contribution in [3.8, 4) is 0 Å². The number of amides is 1. The van der Waals surface area contributed by atoms with Crippen molar-refractivity contribution in [1.29, 1.82) is 0 Å². The number of benzene rings is 1. The third-order valence-corrected chi connectivity index (χ3v) is 7.60. The molecule has 7 nitrogen and oxygen atoms in total. The molecule has 1 aliphatic heterocycles. The molecule has 0 bridgehead atoms. The molecule has 2 fully saturated rings. The van der Waals surface area contributed by atoms with E-state index in [1.54, 1.807) is 25.2 Å². The number of carbonyl (C=O) groups is 1. The highest BCUT2D eigenvalue weighted by Crippen LogP contribution is 2.28. The van der Waals surface area contributed by atoms with Gasteiger partial charge >= 0.3 is 0 Å². The van der Waals surface area contributed by atoms with Crippen molar-refractivity contribution in [3.63, 3.8) is 0 Å². The second-order valence-electron chi connectivity index (χ2n) is 7.56. The lowest BCUT2D eigenvalue weighted by atomic mass is 9.90. The number of ether oxygens (including phenoxy) is 1. The average molecular weight is 396 g/mol. The van der Waals surface area contributed by atoms with Gasteiger partial charge in [0.05, 0.1) is 4.90 Å². The van der Waals surface area contributed by atoms with E-state index in [1.807, 2.05) is 0 Å². The van der Waals surface area contributed by atoms with E-state index in [-0.39, 0.29) is 16.8 Å². The molecule has 0 spiro atoms. The number of hydrogen-bond acceptors (Lipinski definition) is 5. The minimum absolute atomic E-state index is 0.0385. The number of hydrogen-bond donors (Lipinski definition) is 2. The van der Waals surface area contributed by atoms with Crippen molar-refractivity contribution in [3.05, 3.63) is 24.3 Å². The molecular formula is C19H29N3O4S. The zero-order valence-corrected chi connectivity index (χ0v) is 16.6. The smallest absolute Gasteiger partial charge is 0.244 e. The Hall–Kier alpha value is -1.48. The fourth-order valence-corrected chi connectivity index (χ4v) is 5.22. The van der Waals surface area contributed by atoms with Crippen LogP contribution in [0, 0.1) is 0 Å². The number of nitrogens with two attached hydrogens (primary N) is 1. The third-order valence-electron chi connectivity index (χ3n) is 5.70. The highest BCUT2D eigenvalue weighted by molar-refractivity contribution is 7.89. The molecule has 1 saturated carbocycles.